The van der Waals surface area contributed by atoms with E-state index in [2.05, 4.69) is 20.9 Å². The van der Waals surface area contributed by atoms with E-state index in [9.17, 15) is 14.4 Å². The molecule has 2 amide bonds. The van der Waals surface area contributed by atoms with Crippen LogP contribution in [0.5, 0.6) is 0 Å². The largest absolute Gasteiger partial charge is 0.465 e. The third-order valence-corrected chi connectivity index (χ3v) is 4.83. The molecule has 0 spiro atoms. The fourth-order valence-electron chi connectivity index (χ4n) is 3.06. The Kier molecular flexibility index (Phi) is 7.66. The van der Waals surface area contributed by atoms with Gasteiger partial charge in [-0.2, -0.15) is 0 Å². The number of esters is 1. The van der Waals surface area contributed by atoms with E-state index in [1.165, 1.54) is 31.4 Å². The van der Waals surface area contributed by atoms with E-state index in [4.69, 9.17) is 12.2 Å². The van der Waals surface area contributed by atoms with Crippen LogP contribution in [0.4, 0.5) is 0 Å². The van der Waals surface area contributed by atoms with Gasteiger partial charge in [0.2, 0.25) is 5.91 Å². The summed E-state index contributed by atoms with van der Waals surface area (Å²) in [5.41, 5.74) is 7.38. The number of benzene rings is 3. The molecule has 0 saturated carbocycles. The van der Waals surface area contributed by atoms with E-state index in [0.717, 1.165) is 11.1 Å². The molecule has 0 aromatic heterocycles. The van der Waals surface area contributed by atoms with Crippen LogP contribution < -0.4 is 16.2 Å². The van der Waals surface area contributed by atoms with Gasteiger partial charge in [0.05, 0.1) is 18.6 Å². The molecular weight excluding hydrogens is 426 g/mol. The summed E-state index contributed by atoms with van der Waals surface area (Å²) in [7, 11) is 1.28. The molecule has 8 heteroatoms. The van der Waals surface area contributed by atoms with Gasteiger partial charge in [-0.15, -0.1) is 0 Å². The van der Waals surface area contributed by atoms with Gasteiger partial charge in [-0.05, 0) is 47.6 Å². The number of carbonyl (C=O) groups is 3. The van der Waals surface area contributed by atoms with Crippen LogP contribution in [0.3, 0.4) is 0 Å². The molecule has 0 atom stereocenters. The fraction of sp³-hybridized carbons (Fsp3) is 0.0833. The molecule has 0 saturated heterocycles. The molecule has 0 unspecified atom stereocenters. The van der Waals surface area contributed by atoms with Gasteiger partial charge >= 0.3 is 5.97 Å². The van der Waals surface area contributed by atoms with Crippen molar-refractivity contribution in [1.82, 2.24) is 16.2 Å². The molecule has 0 radical (unpaired) electrons. The molecule has 7 nitrogen and oxygen atoms in total. The van der Waals surface area contributed by atoms with Crippen LogP contribution in [0.25, 0.3) is 0 Å². The summed E-state index contributed by atoms with van der Waals surface area (Å²) in [5, 5.41) is 2.41. The van der Waals surface area contributed by atoms with Crippen LogP contribution in [0.1, 0.15) is 37.8 Å². The molecule has 3 rings (SSSR count). The average Bonchev–Trinajstić information content (AvgIpc) is 2.84. The zero-order valence-corrected chi connectivity index (χ0v) is 18.0. The van der Waals surface area contributed by atoms with Crippen LogP contribution in [0, 0.1) is 0 Å². The molecule has 0 aliphatic carbocycles. The van der Waals surface area contributed by atoms with E-state index in [1.54, 1.807) is 0 Å². The number of methoxy groups -OCH3 is 1. The Bertz CT molecular complexity index is 1060. The Hall–Kier alpha value is -4.04. The van der Waals surface area contributed by atoms with Crippen LogP contribution in [-0.4, -0.2) is 30.0 Å². The number of thiocarbonyl (C=S) groups is 1. The van der Waals surface area contributed by atoms with Gasteiger partial charge in [0.15, 0.2) is 5.11 Å². The SMILES string of the molecule is COC(=O)c1ccc(C(=O)NC(=S)NNC(=O)C(c2ccccc2)c2ccccc2)cc1. The van der Waals surface area contributed by atoms with Gasteiger partial charge < -0.3 is 4.74 Å². The third-order valence-electron chi connectivity index (χ3n) is 4.62. The number of hydrazine groups is 1. The van der Waals surface area contributed by atoms with Crippen LogP contribution in [-0.2, 0) is 9.53 Å². The van der Waals surface area contributed by atoms with Crippen molar-refractivity contribution in [3.05, 3.63) is 107 Å². The number of ether oxygens (including phenoxy) is 1. The monoisotopic (exact) mass is 447 g/mol. The molecule has 3 aromatic rings. The summed E-state index contributed by atoms with van der Waals surface area (Å²) in [5.74, 6) is -1.88. The second-order valence-corrected chi connectivity index (χ2v) is 7.13. The van der Waals surface area contributed by atoms with Gasteiger partial charge in [-0.3, -0.25) is 25.8 Å². The van der Waals surface area contributed by atoms with Gasteiger partial charge in [0.25, 0.3) is 5.91 Å². The molecule has 0 bridgehead atoms. The third kappa shape index (κ3) is 5.77. The maximum Gasteiger partial charge on any atom is 0.337 e. The predicted molar refractivity (Wildman–Crippen MR) is 124 cm³/mol. The predicted octanol–water partition coefficient (Wildman–Crippen LogP) is 2.94. The highest BCUT2D eigenvalue weighted by atomic mass is 32.1. The highest BCUT2D eigenvalue weighted by molar-refractivity contribution is 7.80. The fourth-order valence-corrected chi connectivity index (χ4v) is 3.20. The molecular formula is C24H21N3O4S. The second-order valence-electron chi connectivity index (χ2n) is 6.72. The minimum absolute atomic E-state index is 0.0692. The van der Waals surface area contributed by atoms with Crippen molar-refractivity contribution in [3.63, 3.8) is 0 Å². The maximum atomic E-state index is 12.9. The smallest absolute Gasteiger partial charge is 0.337 e. The van der Waals surface area contributed by atoms with Crippen LogP contribution in [0.2, 0.25) is 0 Å². The topological polar surface area (TPSA) is 96.5 Å². The van der Waals surface area contributed by atoms with Crippen LogP contribution in [0.15, 0.2) is 84.9 Å². The first-order valence-electron chi connectivity index (χ1n) is 9.69. The highest BCUT2D eigenvalue weighted by Gasteiger charge is 2.22. The van der Waals surface area contributed by atoms with Gasteiger partial charge in [0, 0.05) is 5.56 Å². The van der Waals surface area contributed by atoms with Crippen molar-refractivity contribution >= 4 is 35.1 Å². The Morgan fingerprint density at radius 1 is 0.750 bits per heavy atom. The standard InChI is InChI=1S/C24H21N3O4S/c1-31-23(30)19-14-12-18(13-15-19)21(28)25-24(32)27-26-22(29)20(16-8-4-2-5-9-16)17-10-6-3-7-11-17/h2-15,20H,1H3,(H,26,29)(H2,25,27,28,32). The van der Waals surface area contributed by atoms with Crippen molar-refractivity contribution in [3.8, 4) is 0 Å². The quantitative estimate of drug-likeness (QED) is 0.316. The summed E-state index contributed by atoms with van der Waals surface area (Å²) < 4.78 is 4.63. The summed E-state index contributed by atoms with van der Waals surface area (Å²) in [6.45, 7) is 0. The Labute approximate surface area is 190 Å². The van der Waals surface area contributed by atoms with Crippen molar-refractivity contribution in [2.45, 2.75) is 5.92 Å². The average molecular weight is 448 g/mol. The molecule has 3 N–H and O–H groups in total. The Morgan fingerprint density at radius 3 is 1.75 bits per heavy atom. The minimum atomic E-state index is -0.561. The van der Waals surface area contributed by atoms with Gasteiger partial charge in [-0.25, -0.2) is 4.79 Å². The highest BCUT2D eigenvalue weighted by Crippen LogP contribution is 2.24. The molecule has 32 heavy (non-hydrogen) atoms. The van der Waals surface area contributed by atoms with Crippen molar-refractivity contribution < 1.29 is 19.1 Å². The maximum absolute atomic E-state index is 12.9. The van der Waals surface area contributed by atoms with Crippen molar-refractivity contribution in [2.24, 2.45) is 0 Å². The first-order valence-corrected chi connectivity index (χ1v) is 10.1. The van der Waals surface area contributed by atoms with E-state index in [1.807, 2.05) is 60.7 Å². The normalized spacial score (nSPS) is 10.2. The van der Waals surface area contributed by atoms with E-state index in [-0.39, 0.29) is 11.0 Å². The van der Waals surface area contributed by atoms with Crippen LogP contribution >= 0.6 is 12.2 Å². The lowest BCUT2D eigenvalue weighted by atomic mass is 9.91. The number of nitrogens with one attached hydrogen (secondary N) is 3. The summed E-state index contributed by atoms with van der Waals surface area (Å²) in [6.07, 6.45) is 0. The summed E-state index contributed by atoms with van der Waals surface area (Å²) in [6, 6.07) is 24.6. The lowest BCUT2D eigenvalue weighted by Gasteiger charge is -2.19. The molecule has 0 heterocycles. The first kappa shape index (κ1) is 22.6. The molecule has 0 fully saturated rings. The molecule has 3 aromatic carbocycles. The van der Waals surface area contributed by atoms with Crippen molar-refractivity contribution in [2.75, 3.05) is 7.11 Å². The number of amides is 2. The Balaban J connectivity index is 1.62. The van der Waals surface area contributed by atoms with E-state index < -0.39 is 17.8 Å². The Morgan fingerprint density at radius 2 is 1.25 bits per heavy atom. The number of hydrogen-bond donors (Lipinski definition) is 3. The zero-order chi connectivity index (χ0) is 22.9. The zero-order valence-electron chi connectivity index (χ0n) is 17.2. The lowest BCUT2D eigenvalue weighted by Crippen LogP contribution is -2.49. The number of hydrogen-bond acceptors (Lipinski definition) is 5. The van der Waals surface area contributed by atoms with Gasteiger partial charge in [0.1, 0.15) is 0 Å². The molecule has 162 valence electrons. The summed E-state index contributed by atoms with van der Waals surface area (Å²) >= 11 is 5.12. The molecule has 0 aliphatic heterocycles. The van der Waals surface area contributed by atoms with E-state index in [0.29, 0.717) is 11.1 Å². The lowest BCUT2D eigenvalue weighted by molar-refractivity contribution is -0.122. The molecule has 0 aliphatic rings. The minimum Gasteiger partial charge on any atom is -0.465 e. The van der Waals surface area contributed by atoms with E-state index >= 15 is 0 Å². The van der Waals surface area contributed by atoms with Crippen molar-refractivity contribution in [1.29, 1.82) is 0 Å². The first-order chi connectivity index (χ1) is 15.5. The van der Waals surface area contributed by atoms with Gasteiger partial charge in [-0.1, -0.05) is 60.7 Å². The summed E-state index contributed by atoms with van der Waals surface area (Å²) in [4.78, 5) is 36.8. The number of rotatable bonds is 5. The number of carbonyl (C=O) groups excluding carboxylic acids is 3. The second kappa shape index (κ2) is 10.8.